The Balaban J connectivity index is 1.77. The van der Waals surface area contributed by atoms with E-state index in [9.17, 15) is 21.2 Å². The molecule has 1 heterocycles. The molecule has 170 valence electrons. The van der Waals surface area contributed by atoms with E-state index in [-0.39, 0.29) is 47.2 Å². The number of sulfonamides is 1. The zero-order valence-electron chi connectivity index (χ0n) is 17.4. The third-order valence-corrected chi connectivity index (χ3v) is 9.44. The highest BCUT2D eigenvalue weighted by atomic mass is 32.2. The van der Waals surface area contributed by atoms with Gasteiger partial charge in [-0.15, -0.1) is 0 Å². The molecule has 1 aliphatic rings. The normalized spacial score (nSPS) is 16.1. The predicted octanol–water partition coefficient (Wildman–Crippen LogP) is 2.48. The summed E-state index contributed by atoms with van der Waals surface area (Å²) in [5.74, 6) is -0.132. The lowest BCUT2D eigenvalue weighted by Crippen LogP contribution is -2.42. The van der Waals surface area contributed by atoms with Crippen molar-refractivity contribution in [3.05, 3.63) is 42.2 Å². The van der Waals surface area contributed by atoms with Crippen LogP contribution in [0.1, 0.15) is 12.8 Å². The maximum atomic E-state index is 14.0. The Morgan fingerprint density at radius 2 is 1.35 bits per heavy atom. The number of methoxy groups -OCH3 is 3. The summed E-state index contributed by atoms with van der Waals surface area (Å²) in [5.41, 5.74) is 0. The van der Waals surface area contributed by atoms with Crippen LogP contribution in [0, 0.1) is 5.82 Å². The SMILES string of the molecule is COc1ccc(S(=O)(=O)C2CCN(S(=O)(=O)c3ccc(OC)c(OC)c3)CC2)cc1F. The van der Waals surface area contributed by atoms with Gasteiger partial charge in [-0.3, -0.25) is 0 Å². The summed E-state index contributed by atoms with van der Waals surface area (Å²) in [6.45, 7) is 0.0540. The average molecular weight is 474 g/mol. The van der Waals surface area contributed by atoms with E-state index in [0.29, 0.717) is 5.75 Å². The van der Waals surface area contributed by atoms with Gasteiger partial charge >= 0.3 is 0 Å². The second-order valence-corrected chi connectivity index (χ2v) is 11.1. The molecule has 0 N–H and O–H groups in total. The number of piperidine rings is 1. The summed E-state index contributed by atoms with van der Waals surface area (Å²) in [6, 6.07) is 7.78. The molecular weight excluding hydrogens is 449 g/mol. The lowest BCUT2D eigenvalue weighted by Gasteiger charge is -2.31. The summed E-state index contributed by atoms with van der Waals surface area (Å²) in [4.78, 5) is -0.115. The Bertz CT molecular complexity index is 1160. The van der Waals surface area contributed by atoms with Crippen LogP contribution in [0.5, 0.6) is 17.2 Å². The molecule has 31 heavy (non-hydrogen) atoms. The fraction of sp³-hybridized carbons (Fsp3) is 0.400. The molecule has 1 aliphatic heterocycles. The maximum Gasteiger partial charge on any atom is 0.243 e. The van der Waals surface area contributed by atoms with Crippen molar-refractivity contribution in [1.82, 2.24) is 4.31 Å². The van der Waals surface area contributed by atoms with E-state index in [4.69, 9.17) is 14.2 Å². The Morgan fingerprint density at radius 3 is 1.90 bits per heavy atom. The molecule has 2 aromatic carbocycles. The third kappa shape index (κ3) is 4.48. The molecule has 0 spiro atoms. The van der Waals surface area contributed by atoms with Gasteiger partial charge in [-0.2, -0.15) is 4.31 Å². The zero-order chi connectivity index (χ0) is 22.8. The number of benzene rings is 2. The minimum absolute atomic E-state index is 0.0270. The average Bonchev–Trinajstić information content (AvgIpc) is 2.78. The summed E-state index contributed by atoms with van der Waals surface area (Å²) >= 11 is 0. The van der Waals surface area contributed by atoms with Crippen LogP contribution in [0.3, 0.4) is 0 Å². The van der Waals surface area contributed by atoms with Crippen molar-refractivity contribution in [2.75, 3.05) is 34.4 Å². The number of nitrogens with zero attached hydrogens (tertiary/aromatic N) is 1. The molecule has 0 radical (unpaired) electrons. The molecule has 0 aliphatic carbocycles. The second kappa shape index (κ2) is 9.01. The second-order valence-electron chi connectivity index (χ2n) is 6.96. The lowest BCUT2D eigenvalue weighted by atomic mass is 10.2. The fourth-order valence-corrected chi connectivity index (χ4v) is 6.75. The summed E-state index contributed by atoms with van der Waals surface area (Å²) in [5, 5.41) is -0.808. The molecule has 1 saturated heterocycles. The van der Waals surface area contributed by atoms with E-state index in [1.54, 1.807) is 0 Å². The molecule has 2 aromatic rings. The molecule has 0 amide bonds. The molecule has 11 heteroatoms. The van der Waals surface area contributed by atoms with Crippen molar-refractivity contribution in [2.24, 2.45) is 0 Å². The van der Waals surface area contributed by atoms with Crippen molar-refractivity contribution < 1.29 is 35.4 Å². The number of rotatable bonds is 7. The Hall–Kier alpha value is -2.37. The first kappa shape index (κ1) is 23.3. The largest absolute Gasteiger partial charge is 0.494 e. The van der Waals surface area contributed by atoms with E-state index < -0.39 is 30.9 Å². The monoisotopic (exact) mass is 473 g/mol. The van der Waals surface area contributed by atoms with Gasteiger partial charge in [0.25, 0.3) is 0 Å². The Kier molecular flexibility index (Phi) is 6.77. The van der Waals surface area contributed by atoms with Crippen LogP contribution in [0.4, 0.5) is 4.39 Å². The highest BCUT2D eigenvalue weighted by Crippen LogP contribution is 2.33. The zero-order valence-corrected chi connectivity index (χ0v) is 19.0. The van der Waals surface area contributed by atoms with Gasteiger partial charge in [0, 0.05) is 19.2 Å². The van der Waals surface area contributed by atoms with E-state index in [2.05, 4.69) is 0 Å². The molecule has 0 bridgehead atoms. The Morgan fingerprint density at radius 1 is 0.806 bits per heavy atom. The first-order valence-electron chi connectivity index (χ1n) is 9.44. The van der Waals surface area contributed by atoms with E-state index in [1.165, 1.54) is 56.0 Å². The summed E-state index contributed by atoms with van der Waals surface area (Å²) in [7, 11) is -3.51. The van der Waals surface area contributed by atoms with Gasteiger partial charge in [-0.05, 0) is 43.2 Å². The number of hydrogen-bond acceptors (Lipinski definition) is 7. The van der Waals surface area contributed by atoms with Crippen LogP contribution in [-0.2, 0) is 19.9 Å². The minimum atomic E-state index is -3.84. The van der Waals surface area contributed by atoms with Gasteiger partial charge in [0.15, 0.2) is 32.9 Å². The van der Waals surface area contributed by atoms with Crippen molar-refractivity contribution in [2.45, 2.75) is 27.9 Å². The quantitative estimate of drug-likeness (QED) is 0.609. The molecule has 0 atom stereocenters. The topological polar surface area (TPSA) is 99.2 Å². The van der Waals surface area contributed by atoms with E-state index >= 15 is 0 Å². The van der Waals surface area contributed by atoms with Crippen molar-refractivity contribution in [3.8, 4) is 17.2 Å². The van der Waals surface area contributed by atoms with Crippen LogP contribution in [0.15, 0.2) is 46.2 Å². The third-order valence-electron chi connectivity index (χ3n) is 5.28. The van der Waals surface area contributed by atoms with Gasteiger partial charge in [0.1, 0.15) is 0 Å². The molecule has 1 fully saturated rings. The molecule has 0 unspecified atom stereocenters. The number of hydrogen-bond donors (Lipinski definition) is 0. The fourth-order valence-electron chi connectivity index (χ4n) is 3.53. The summed E-state index contributed by atoms with van der Waals surface area (Å²) < 4.78 is 82.2. The highest BCUT2D eigenvalue weighted by Gasteiger charge is 2.36. The lowest BCUT2D eigenvalue weighted by molar-refractivity contribution is 0.343. The standard InChI is InChI=1S/C20H24FNO7S2/c1-27-18-6-4-15(12-17(18)21)30(23,24)14-8-10-22(11-9-14)31(25,26)16-5-7-19(28-2)20(13-16)29-3/h4-7,12-14H,8-11H2,1-3H3. The molecular formula is C20H24FNO7S2. The Labute approximate surface area is 181 Å². The van der Waals surface area contributed by atoms with Crippen LogP contribution in [-0.4, -0.2) is 60.8 Å². The smallest absolute Gasteiger partial charge is 0.243 e. The van der Waals surface area contributed by atoms with Gasteiger partial charge in [-0.25, -0.2) is 21.2 Å². The van der Waals surface area contributed by atoms with Gasteiger partial charge in [0.05, 0.1) is 36.4 Å². The minimum Gasteiger partial charge on any atom is -0.494 e. The molecule has 3 rings (SSSR count). The first-order chi connectivity index (χ1) is 14.6. The van der Waals surface area contributed by atoms with Gasteiger partial charge < -0.3 is 14.2 Å². The molecule has 0 aromatic heterocycles. The van der Waals surface area contributed by atoms with Crippen LogP contribution >= 0.6 is 0 Å². The van der Waals surface area contributed by atoms with Crippen LogP contribution in [0.25, 0.3) is 0 Å². The predicted molar refractivity (Wildman–Crippen MR) is 111 cm³/mol. The van der Waals surface area contributed by atoms with Crippen molar-refractivity contribution in [1.29, 1.82) is 0 Å². The molecule has 0 saturated carbocycles. The van der Waals surface area contributed by atoms with Gasteiger partial charge in [-0.1, -0.05) is 0 Å². The maximum absolute atomic E-state index is 14.0. The van der Waals surface area contributed by atoms with E-state index in [1.807, 2.05) is 0 Å². The van der Waals surface area contributed by atoms with Gasteiger partial charge in [0.2, 0.25) is 10.0 Å². The number of halogens is 1. The first-order valence-corrected chi connectivity index (χ1v) is 12.4. The number of ether oxygens (including phenoxy) is 3. The highest BCUT2D eigenvalue weighted by molar-refractivity contribution is 7.92. The van der Waals surface area contributed by atoms with E-state index in [0.717, 1.165) is 6.07 Å². The van der Waals surface area contributed by atoms with Crippen molar-refractivity contribution in [3.63, 3.8) is 0 Å². The summed E-state index contributed by atoms with van der Waals surface area (Å²) in [6.07, 6.45) is 0.199. The number of sulfone groups is 1. The van der Waals surface area contributed by atoms with Crippen molar-refractivity contribution >= 4 is 19.9 Å². The van der Waals surface area contributed by atoms with Crippen LogP contribution in [0.2, 0.25) is 0 Å². The van der Waals surface area contributed by atoms with Crippen LogP contribution < -0.4 is 14.2 Å². The molecule has 8 nitrogen and oxygen atoms in total.